The average Bonchev–Trinajstić information content (AvgIpc) is 2.40. The number of carboxylic acids is 1. The third kappa shape index (κ3) is 2.25. The largest absolute Gasteiger partial charge is 0.478 e. The SMILES string of the molecule is O=C(O)c1ccc(N2CC(c3ccccc3)C2)c(F)c1. The molecule has 1 heterocycles. The zero-order valence-corrected chi connectivity index (χ0v) is 10.8. The molecule has 1 aliphatic heterocycles. The first-order valence-electron chi connectivity index (χ1n) is 6.48. The van der Waals surface area contributed by atoms with Crippen molar-refractivity contribution in [1.82, 2.24) is 0 Å². The predicted molar refractivity (Wildman–Crippen MR) is 74.8 cm³/mol. The summed E-state index contributed by atoms with van der Waals surface area (Å²) in [7, 11) is 0. The molecule has 0 aromatic heterocycles. The number of rotatable bonds is 3. The summed E-state index contributed by atoms with van der Waals surface area (Å²) in [5, 5.41) is 8.82. The van der Waals surface area contributed by atoms with Crippen molar-refractivity contribution in [3.05, 3.63) is 65.5 Å². The van der Waals surface area contributed by atoms with Crippen molar-refractivity contribution in [2.45, 2.75) is 5.92 Å². The van der Waals surface area contributed by atoms with Crippen LogP contribution in [0.2, 0.25) is 0 Å². The van der Waals surface area contributed by atoms with Gasteiger partial charge in [-0.15, -0.1) is 0 Å². The number of benzene rings is 2. The predicted octanol–water partition coefficient (Wildman–Crippen LogP) is 3.13. The van der Waals surface area contributed by atoms with Gasteiger partial charge in [-0.3, -0.25) is 0 Å². The number of carboxylic acid groups (broad SMARTS) is 1. The maximum absolute atomic E-state index is 13.9. The van der Waals surface area contributed by atoms with Crippen molar-refractivity contribution >= 4 is 11.7 Å². The van der Waals surface area contributed by atoms with Crippen molar-refractivity contribution in [2.24, 2.45) is 0 Å². The molecule has 1 N–H and O–H groups in total. The van der Waals surface area contributed by atoms with Crippen LogP contribution in [0.1, 0.15) is 21.8 Å². The van der Waals surface area contributed by atoms with E-state index in [9.17, 15) is 9.18 Å². The lowest BCUT2D eigenvalue weighted by molar-refractivity contribution is 0.0696. The third-order valence-electron chi connectivity index (χ3n) is 3.69. The molecule has 0 saturated carbocycles. The van der Waals surface area contributed by atoms with Gasteiger partial charge in [0, 0.05) is 19.0 Å². The quantitative estimate of drug-likeness (QED) is 0.932. The van der Waals surface area contributed by atoms with Crippen LogP contribution in [0.5, 0.6) is 0 Å². The Morgan fingerprint density at radius 2 is 1.85 bits per heavy atom. The second-order valence-corrected chi connectivity index (χ2v) is 4.98. The van der Waals surface area contributed by atoms with E-state index in [1.165, 1.54) is 11.6 Å². The summed E-state index contributed by atoms with van der Waals surface area (Å²) in [6.45, 7) is 1.51. The van der Waals surface area contributed by atoms with E-state index in [1.54, 1.807) is 6.07 Å². The number of hydrogen-bond donors (Lipinski definition) is 1. The second kappa shape index (κ2) is 4.96. The molecule has 102 valence electrons. The molecule has 0 spiro atoms. The van der Waals surface area contributed by atoms with Crippen LogP contribution >= 0.6 is 0 Å². The van der Waals surface area contributed by atoms with Gasteiger partial charge in [-0.2, -0.15) is 0 Å². The fraction of sp³-hybridized carbons (Fsp3) is 0.188. The Balaban J connectivity index is 1.73. The summed E-state index contributed by atoms with van der Waals surface area (Å²) in [5.41, 5.74) is 1.71. The smallest absolute Gasteiger partial charge is 0.335 e. The van der Waals surface area contributed by atoms with Crippen LogP contribution in [0.4, 0.5) is 10.1 Å². The van der Waals surface area contributed by atoms with E-state index in [2.05, 4.69) is 12.1 Å². The molecule has 2 aromatic rings. The van der Waals surface area contributed by atoms with Crippen molar-refractivity contribution < 1.29 is 14.3 Å². The van der Waals surface area contributed by atoms with Crippen LogP contribution in [0.15, 0.2) is 48.5 Å². The van der Waals surface area contributed by atoms with Gasteiger partial charge in [0.2, 0.25) is 0 Å². The van der Waals surface area contributed by atoms with E-state index < -0.39 is 11.8 Å². The highest BCUT2D eigenvalue weighted by Gasteiger charge is 2.29. The van der Waals surface area contributed by atoms with E-state index in [1.807, 2.05) is 23.1 Å². The molecule has 20 heavy (non-hydrogen) atoms. The minimum absolute atomic E-state index is 0.0219. The number of hydrogen-bond acceptors (Lipinski definition) is 2. The Kier molecular flexibility index (Phi) is 3.14. The molecule has 0 unspecified atom stereocenters. The monoisotopic (exact) mass is 271 g/mol. The average molecular weight is 271 g/mol. The molecule has 0 atom stereocenters. The fourth-order valence-corrected chi connectivity index (χ4v) is 2.51. The van der Waals surface area contributed by atoms with Gasteiger partial charge in [0.15, 0.2) is 0 Å². The standard InChI is InChI=1S/C16H14FNO2/c17-14-8-12(16(19)20)6-7-15(14)18-9-13(10-18)11-4-2-1-3-5-11/h1-8,13H,9-10H2,(H,19,20). The first-order valence-corrected chi connectivity index (χ1v) is 6.48. The zero-order valence-electron chi connectivity index (χ0n) is 10.8. The lowest BCUT2D eigenvalue weighted by Crippen LogP contribution is -2.45. The molecule has 2 aromatic carbocycles. The molecule has 4 heteroatoms. The second-order valence-electron chi connectivity index (χ2n) is 4.98. The van der Waals surface area contributed by atoms with Gasteiger partial charge in [-0.1, -0.05) is 30.3 Å². The van der Waals surface area contributed by atoms with E-state index in [0.29, 0.717) is 11.6 Å². The van der Waals surface area contributed by atoms with Crippen molar-refractivity contribution in [3.8, 4) is 0 Å². The zero-order chi connectivity index (χ0) is 14.1. The van der Waals surface area contributed by atoms with Crippen LogP contribution in [0.25, 0.3) is 0 Å². The van der Waals surface area contributed by atoms with Gasteiger partial charge < -0.3 is 10.0 Å². The number of anilines is 1. The summed E-state index contributed by atoms with van der Waals surface area (Å²) in [5.74, 6) is -1.17. The molecule has 3 nitrogen and oxygen atoms in total. The number of nitrogens with zero attached hydrogens (tertiary/aromatic N) is 1. The summed E-state index contributed by atoms with van der Waals surface area (Å²) in [6.07, 6.45) is 0. The van der Waals surface area contributed by atoms with Gasteiger partial charge in [-0.05, 0) is 23.8 Å². The minimum atomic E-state index is -1.11. The van der Waals surface area contributed by atoms with Crippen LogP contribution < -0.4 is 4.90 Å². The number of halogens is 1. The summed E-state index contributed by atoms with van der Waals surface area (Å²) in [6, 6.07) is 14.2. The highest BCUT2D eigenvalue weighted by molar-refractivity contribution is 5.88. The summed E-state index contributed by atoms with van der Waals surface area (Å²) in [4.78, 5) is 12.7. The number of aromatic carboxylic acids is 1. The lowest BCUT2D eigenvalue weighted by atomic mass is 9.91. The Morgan fingerprint density at radius 3 is 2.45 bits per heavy atom. The van der Waals surface area contributed by atoms with Crippen LogP contribution in [-0.2, 0) is 0 Å². The maximum atomic E-state index is 13.9. The summed E-state index contributed by atoms with van der Waals surface area (Å²) < 4.78 is 13.9. The molecular formula is C16H14FNO2. The Morgan fingerprint density at radius 1 is 1.15 bits per heavy atom. The van der Waals surface area contributed by atoms with Gasteiger partial charge in [0.1, 0.15) is 5.82 Å². The maximum Gasteiger partial charge on any atom is 0.335 e. The Hall–Kier alpha value is -2.36. The Bertz CT molecular complexity index is 636. The van der Waals surface area contributed by atoms with Gasteiger partial charge >= 0.3 is 5.97 Å². The van der Waals surface area contributed by atoms with Crippen LogP contribution in [-0.4, -0.2) is 24.2 Å². The molecule has 1 saturated heterocycles. The van der Waals surface area contributed by atoms with E-state index in [4.69, 9.17) is 5.11 Å². The fourth-order valence-electron chi connectivity index (χ4n) is 2.51. The molecule has 1 fully saturated rings. The normalized spacial score (nSPS) is 14.9. The van der Waals surface area contributed by atoms with Gasteiger partial charge in [0.05, 0.1) is 11.3 Å². The molecule has 1 aliphatic rings. The molecular weight excluding hydrogens is 257 g/mol. The minimum Gasteiger partial charge on any atom is -0.478 e. The molecule has 3 rings (SSSR count). The first kappa shape index (κ1) is 12.7. The first-order chi connectivity index (χ1) is 9.65. The highest BCUT2D eigenvalue weighted by Crippen LogP contribution is 2.33. The van der Waals surface area contributed by atoms with Crippen molar-refractivity contribution in [2.75, 3.05) is 18.0 Å². The number of carbonyl (C=O) groups is 1. The lowest BCUT2D eigenvalue weighted by Gasteiger charge is -2.41. The van der Waals surface area contributed by atoms with Gasteiger partial charge in [-0.25, -0.2) is 9.18 Å². The third-order valence-corrected chi connectivity index (χ3v) is 3.69. The van der Waals surface area contributed by atoms with Crippen LogP contribution in [0, 0.1) is 5.82 Å². The topological polar surface area (TPSA) is 40.5 Å². The van der Waals surface area contributed by atoms with Crippen LogP contribution in [0.3, 0.4) is 0 Å². The Labute approximate surface area is 116 Å². The highest BCUT2D eigenvalue weighted by atomic mass is 19.1. The van der Waals surface area contributed by atoms with Gasteiger partial charge in [0.25, 0.3) is 0 Å². The van der Waals surface area contributed by atoms with Crippen molar-refractivity contribution in [1.29, 1.82) is 0 Å². The van der Waals surface area contributed by atoms with Crippen molar-refractivity contribution in [3.63, 3.8) is 0 Å². The van der Waals surface area contributed by atoms with E-state index >= 15 is 0 Å². The molecule has 0 radical (unpaired) electrons. The summed E-state index contributed by atoms with van der Waals surface area (Å²) >= 11 is 0. The molecule has 0 bridgehead atoms. The molecule has 0 aliphatic carbocycles. The van der Waals surface area contributed by atoms with E-state index in [0.717, 1.165) is 19.2 Å². The van der Waals surface area contributed by atoms with E-state index in [-0.39, 0.29) is 5.56 Å². The molecule has 0 amide bonds.